The maximum atomic E-state index is 4.61. The van der Waals surface area contributed by atoms with Gasteiger partial charge in [-0.2, -0.15) is 0 Å². The van der Waals surface area contributed by atoms with Crippen molar-refractivity contribution in [3.05, 3.63) is 76.2 Å². The van der Waals surface area contributed by atoms with Crippen LogP contribution in [0.3, 0.4) is 0 Å². The zero-order chi connectivity index (χ0) is 20.5. The summed E-state index contributed by atoms with van der Waals surface area (Å²) in [6.07, 6.45) is 17.1. The molecule has 0 heterocycles. The van der Waals surface area contributed by atoms with E-state index in [4.69, 9.17) is 0 Å². The molecule has 1 heteroatoms. The van der Waals surface area contributed by atoms with Crippen molar-refractivity contribution in [3.63, 3.8) is 0 Å². The summed E-state index contributed by atoms with van der Waals surface area (Å²) in [5, 5.41) is 9.19. The summed E-state index contributed by atoms with van der Waals surface area (Å²) in [5.74, 6) is 0. The summed E-state index contributed by atoms with van der Waals surface area (Å²) < 4.78 is 0. The second kappa shape index (κ2) is 8.52. The topological polar surface area (TPSA) is 0 Å². The molecule has 0 aliphatic heterocycles. The molecule has 0 spiro atoms. The van der Waals surface area contributed by atoms with Gasteiger partial charge in [0.05, 0.1) is 0 Å². The first-order valence-electron chi connectivity index (χ1n) is 11.5. The lowest BCUT2D eigenvalue weighted by atomic mass is 9.91. The summed E-state index contributed by atoms with van der Waals surface area (Å²) in [5.41, 5.74) is 3.79. The second-order valence-corrected chi connectivity index (χ2v) is 10.6. The highest BCUT2D eigenvalue weighted by atomic mass is 31.1. The molecule has 3 aromatic rings. The second-order valence-electron chi connectivity index (χ2n) is 8.97. The normalized spacial score (nSPS) is 17.9. The fourth-order valence-electron chi connectivity index (χ4n) is 5.36. The molecule has 1 unspecified atom stereocenters. The minimum atomic E-state index is 0.845. The van der Waals surface area contributed by atoms with E-state index < -0.39 is 0 Å². The smallest absolute Gasteiger partial charge is 0.00278 e. The van der Waals surface area contributed by atoms with Crippen molar-refractivity contribution in [1.82, 2.24) is 0 Å². The van der Waals surface area contributed by atoms with Gasteiger partial charge in [0.25, 0.3) is 0 Å². The fraction of sp³-hybridized carbons (Fsp3) is 0.310. The number of fused-ring (bicyclic) bond motifs is 2. The quantitative estimate of drug-likeness (QED) is 0.351. The Hall–Kier alpha value is -2.17. The summed E-state index contributed by atoms with van der Waals surface area (Å²) in [4.78, 5) is 0. The molecule has 152 valence electrons. The SMILES string of the molecule is C=c1c2ccccc2c(=C)c2c(PC3CCCCC3)ccc(CC3=CC=CCC3)c12. The van der Waals surface area contributed by atoms with Gasteiger partial charge >= 0.3 is 0 Å². The van der Waals surface area contributed by atoms with Crippen molar-refractivity contribution in [3.8, 4) is 0 Å². The largest absolute Gasteiger partial charge is 0.0905 e. The number of allylic oxidation sites excluding steroid dienone is 4. The number of hydrogen-bond acceptors (Lipinski definition) is 0. The average molecular weight is 411 g/mol. The first-order valence-corrected chi connectivity index (χ1v) is 12.6. The molecular weight excluding hydrogens is 379 g/mol. The van der Waals surface area contributed by atoms with E-state index in [9.17, 15) is 0 Å². The Morgan fingerprint density at radius 2 is 1.60 bits per heavy atom. The van der Waals surface area contributed by atoms with Gasteiger partial charge in [0.15, 0.2) is 0 Å². The molecule has 0 nitrogen and oxygen atoms in total. The molecule has 0 aromatic heterocycles. The number of rotatable bonds is 4. The van der Waals surface area contributed by atoms with Gasteiger partial charge in [0.2, 0.25) is 0 Å². The van der Waals surface area contributed by atoms with Gasteiger partial charge in [-0.1, -0.05) is 101 Å². The molecular formula is C29H31P. The van der Waals surface area contributed by atoms with Crippen LogP contribution in [0.1, 0.15) is 50.5 Å². The zero-order valence-electron chi connectivity index (χ0n) is 17.8. The van der Waals surface area contributed by atoms with Gasteiger partial charge in [-0.15, -0.1) is 0 Å². The van der Waals surface area contributed by atoms with Crippen LogP contribution >= 0.6 is 8.58 Å². The van der Waals surface area contributed by atoms with Crippen LogP contribution in [0.4, 0.5) is 0 Å². The Morgan fingerprint density at radius 1 is 0.867 bits per heavy atom. The van der Waals surface area contributed by atoms with Crippen LogP contribution in [0.25, 0.3) is 34.7 Å². The molecule has 1 fully saturated rings. The number of hydrogen-bond donors (Lipinski definition) is 0. The summed E-state index contributed by atoms with van der Waals surface area (Å²) in [6.45, 7) is 9.21. The zero-order valence-corrected chi connectivity index (χ0v) is 18.8. The summed E-state index contributed by atoms with van der Waals surface area (Å²) in [7, 11) is 0.882. The molecule has 0 bridgehead atoms. The van der Waals surface area contributed by atoms with Gasteiger partial charge in [0.1, 0.15) is 0 Å². The molecule has 3 aromatic carbocycles. The van der Waals surface area contributed by atoms with Gasteiger partial charge in [-0.25, -0.2) is 0 Å². The third kappa shape index (κ3) is 3.67. The molecule has 1 atom stereocenters. The van der Waals surface area contributed by atoms with E-state index in [1.54, 1.807) is 0 Å². The highest BCUT2D eigenvalue weighted by Crippen LogP contribution is 2.34. The van der Waals surface area contributed by atoms with Crippen LogP contribution < -0.4 is 15.7 Å². The molecule has 1 saturated carbocycles. The maximum absolute atomic E-state index is 4.61. The van der Waals surface area contributed by atoms with Crippen molar-refractivity contribution in [2.75, 3.05) is 0 Å². The Balaban J connectivity index is 1.72. The van der Waals surface area contributed by atoms with Crippen molar-refractivity contribution in [2.45, 2.75) is 57.0 Å². The van der Waals surface area contributed by atoms with E-state index in [2.05, 4.69) is 67.8 Å². The van der Waals surface area contributed by atoms with Crippen LogP contribution in [0, 0.1) is 0 Å². The predicted octanol–water partition coefficient (Wildman–Crippen LogP) is 6.27. The number of benzene rings is 3. The van der Waals surface area contributed by atoms with Crippen molar-refractivity contribution in [1.29, 1.82) is 0 Å². The Kier molecular flexibility index (Phi) is 5.62. The lowest BCUT2D eigenvalue weighted by Crippen LogP contribution is -2.21. The lowest BCUT2D eigenvalue weighted by Gasteiger charge is -2.23. The maximum Gasteiger partial charge on any atom is -0.00278 e. The Morgan fingerprint density at radius 3 is 2.30 bits per heavy atom. The third-order valence-corrected chi connectivity index (χ3v) is 8.67. The Labute approximate surface area is 181 Å². The van der Waals surface area contributed by atoms with Crippen LogP contribution in [-0.2, 0) is 6.42 Å². The van der Waals surface area contributed by atoms with E-state index in [1.165, 1.54) is 86.9 Å². The van der Waals surface area contributed by atoms with E-state index in [1.807, 2.05) is 0 Å². The van der Waals surface area contributed by atoms with Crippen molar-refractivity contribution >= 4 is 48.6 Å². The van der Waals surface area contributed by atoms with Gasteiger partial charge in [0, 0.05) is 0 Å². The summed E-state index contributed by atoms with van der Waals surface area (Å²) >= 11 is 0. The molecule has 0 amide bonds. The minimum Gasteiger partial charge on any atom is -0.0905 e. The van der Waals surface area contributed by atoms with Crippen LogP contribution in [-0.4, -0.2) is 5.66 Å². The molecule has 0 saturated heterocycles. The van der Waals surface area contributed by atoms with E-state index >= 15 is 0 Å². The Bertz CT molecular complexity index is 1260. The van der Waals surface area contributed by atoms with Crippen molar-refractivity contribution in [2.24, 2.45) is 0 Å². The first-order chi connectivity index (χ1) is 14.7. The molecule has 2 aliphatic rings. The van der Waals surface area contributed by atoms with Gasteiger partial charge in [-0.05, 0) is 80.6 Å². The van der Waals surface area contributed by atoms with E-state index in [0.717, 1.165) is 27.1 Å². The molecule has 0 N–H and O–H groups in total. The standard InChI is InChI=1S/C29H31P/c1-20-25-15-9-10-16-26(25)21(2)29-27(30-24-13-7-4-8-14-24)18-17-23(28(20)29)19-22-11-5-3-6-12-22/h3,5,9-11,15-18,24,30H,1-2,4,6-8,12-14,19H2. The van der Waals surface area contributed by atoms with Gasteiger partial charge in [-0.3, -0.25) is 0 Å². The molecule has 0 radical (unpaired) electrons. The lowest BCUT2D eigenvalue weighted by molar-refractivity contribution is 0.514. The van der Waals surface area contributed by atoms with E-state index in [-0.39, 0.29) is 0 Å². The third-order valence-electron chi connectivity index (χ3n) is 6.95. The van der Waals surface area contributed by atoms with Crippen LogP contribution in [0.2, 0.25) is 0 Å². The summed E-state index contributed by atoms with van der Waals surface area (Å²) in [6, 6.07) is 13.5. The minimum absolute atomic E-state index is 0.845. The fourth-order valence-corrected chi connectivity index (χ4v) is 7.10. The van der Waals surface area contributed by atoms with Crippen LogP contribution in [0.5, 0.6) is 0 Å². The van der Waals surface area contributed by atoms with Gasteiger partial charge < -0.3 is 0 Å². The first kappa shape index (κ1) is 19.8. The monoisotopic (exact) mass is 410 g/mol. The molecule has 30 heavy (non-hydrogen) atoms. The van der Waals surface area contributed by atoms with Crippen LogP contribution in [0.15, 0.2) is 60.2 Å². The highest BCUT2D eigenvalue weighted by Gasteiger charge is 2.18. The predicted molar refractivity (Wildman–Crippen MR) is 137 cm³/mol. The molecule has 5 rings (SSSR count). The average Bonchev–Trinajstić information content (AvgIpc) is 2.80. The van der Waals surface area contributed by atoms with E-state index in [0.29, 0.717) is 0 Å². The molecule has 2 aliphatic carbocycles. The van der Waals surface area contributed by atoms with Crippen molar-refractivity contribution < 1.29 is 0 Å². The highest BCUT2D eigenvalue weighted by molar-refractivity contribution is 7.48.